The second-order valence-corrected chi connectivity index (χ2v) is 12.1. The highest BCUT2D eigenvalue weighted by molar-refractivity contribution is 6.90. The largest absolute Gasteiger partial charge is 0.375 e. The van der Waals surface area contributed by atoms with E-state index in [0.717, 1.165) is 5.69 Å². The second kappa shape index (κ2) is 9.35. The normalized spacial score (nSPS) is 12.8. The monoisotopic (exact) mass is 570 g/mol. The number of hydrogen-bond donors (Lipinski definition) is 0. The van der Waals surface area contributed by atoms with Crippen LogP contribution in [0.25, 0.3) is 55.2 Å². The Morgan fingerprint density at radius 3 is 1.84 bits per heavy atom. The first-order valence-electron chi connectivity index (χ1n) is 15.6. The van der Waals surface area contributed by atoms with Gasteiger partial charge in [-0.05, 0) is 69.1 Å². The molecule has 2 nitrogen and oxygen atoms in total. The van der Waals surface area contributed by atoms with E-state index in [1.807, 2.05) is 0 Å². The number of nitrogens with zero attached hydrogens (tertiary/aromatic N) is 2. The fraction of sp³-hybridized carbons (Fsp3) is 0. The molecule has 0 aliphatic carbocycles. The number of anilines is 3. The summed E-state index contributed by atoms with van der Waals surface area (Å²) in [6.07, 6.45) is 0. The van der Waals surface area contributed by atoms with E-state index in [9.17, 15) is 0 Å². The smallest absolute Gasteiger partial charge is 0.333 e. The minimum atomic E-state index is 0.0631. The van der Waals surface area contributed by atoms with Gasteiger partial charge in [0.2, 0.25) is 0 Å². The Labute approximate surface area is 262 Å². The van der Waals surface area contributed by atoms with Crippen LogP contribution in [-0.4, -0.2) is 11.3 Å². The molecular weight excluding hydrogens is 543 g/mol. The maximum Gasteiger partial charge on any atom is 0.333 e. The predicted molar refractivity (Wildman–Crippen MR) is 191 cm³/mol. The summed E-state index contributed by atoms with van der Waals surface area (Å²) in [6.45, 7) is 0.0631. The average Bonchev–Trinajstić information content (AvgIpc) is 3.45. The molecule has 0 amide bonds. The van der Waals surface area contributed by atoms with Gasteiger partial charge in [-0.15, -0.1) is 0 Å². The summed E-state index contributed by atoms with van der Waals surface area (Å²) in [6, 6.07) is 60.1. The van der Waals surface area contributed by atoms with E-state index in [0.29, 0.717) is 0 Å². The van der Waals surface area contributed by atoms with Gasteiger partial charge in [-0.1, -0.05) is 133 Å². The van der Waals surface area contributed by atoms with Crippen molar-refractivity contribution in [2.24, 2.45) is 0 Å². The zero-order chi connectivity index (χ0) is 29.5. The van der Waals surface area contributed by atoms with Crippen molar-refractivity contribution < 1.29 is 0 Å². The number of aromatic nitrogens is 1. The maximum absolute atomic E-state index is 2.61. The van der Waals surface area contributed by atoms with Gasteiger partial charge < -0.3 is 9.38 Å². The van der Waals surface area contributed by atoms with Crippen molar-refractivity contribution in [3.8, 4) is 33.4 Å². The molecule has 208 valence electrons. The van der Waals surface area contributed by atoms with Crippen molar-refractivity contribution in [3.05, 3.63) is 164 Å². The first kappa shape index (κ1) is 24.6. The molecule has 3 heterocycles. The van der Waals surface area contributed by atoms with E-state index in [2.05, 4.69) is 173 Å². The quantitative estimate of drug-likeness (QED) is 0.192. The number of benzene rings is 7. The Hall–Kier alpha value is -5.80. The fourth-order valence-electron chi connectivity index (χ4n) is 7.85. The average molecular weight is 571 g/mol. The van der Waals surface area contributed by atoms with E-state index < -0.39 is 0 Å². The third-order valence-corrected chi connectivity index (χ3v) is 9.78. The molecule has 0 radical (unpaired) electrons. The van der Waals surface area contributed by atoms with Crippen LogP contribution in [0, 0.1) is 0 Å². The van der Waals surface area contributed by atoms with Crippen LogP contribution in [0.5, 0.6) is 0 Å². The first-order chi connectivity index (χ1) is 22.3. The lowest BCUT2D eigenvalue weighted by atomic mass is 9.45. The molecule has 0 atom stereocenters. The molecule has 3 heteroatoms. The van der Waals surface area contributed by atoms with E-state index in [4.69, 9.17) is 0 Å². The van der Waals surface area contributed by atoms with Crippen molar-refractivity contribution in [2.45, 2.75) is 0 Å². The lowest BCUT2D eigenvalue weighted by Gasteiger charge is -2.40. The Balaban J connectivity index is 1.28. The van der Waals surface area contributed by atoms with Gasteiger partial charge in [0.15, 0.2) is 0 Å². The van der Waals surface area contributed by atoms with Gasteiger partial charge in [-0.3, -0.25) is 0 Å². The Morgan fingerprint density at radius 2 is 1.04 bits per heavy atom. The summed E-state index contributed by atoms with van der Waals surface area (Å²) in [7, 11) is 0. The second-order valence-electron chi connectivity index (χ2n) is 12.1. The number of hydrogen-bond acceptors (Lipinski definition) is 1. The lowest BCUT2D eigenvalue weighted by Crippen LogP contribution is -2.56. The standard InChI is InChI=1S/C42H27BN2/c1-3-11-28(12-4-1)30-21-24-32(25-22-30)44-39-20-10-16-34-36-18-9-17-35-33-15-7-8-19-38(33)45(42(35)36)43(41(34)39)37-26-23-31(27-40(37)44)29-13-5-2-6-14-29/h1-27H. The molecule has 0 saturated heterocycles. The summed E-state index contributed by atoms with van der Waals surface area (Å²) >= 11 is 0. The third kappa shape index (κ3) is 3.47. The zero-order valence-electron chi connectivity index (χ0n) is 24.6. The van der Waals surface area contributed by atoms with Gasteiger partial charge in [-0.2, -0.15) is 0 Å². The summed E-state index contributed by atoms with van der Waals surface area (Å²) in [5.74, 6) is 0. The first-order valence-corrected chi connectivity index (χ1v) is 15.6. The van der Waals surface area contributed by atoms with Crippen LogP contribution < -0.4 is 15.8 Å². The minimum Gasteiger partial charge on any atom is -0.375 e. The summed E-state index contributed by atoms with van der Waals surface area (Å²) < 4.78 is 2.61. The van der Waals surface area contributed by atoms with E-state index in [1.165, 1.54) is 77.5 Å². The maximum atomic E-state index is 2.61. The lowest BCUT2D eigenvalue weighted by molar-refractivity contribution is 1.25. The summed E-state index contributed by atoms with van der Waals surface area (Å²) in [4.78, 5) is 2.49. The van der Waals surface area contributed by atoms with Crippen molar-refractivity contribution in [1.29, 1.82) is 0 Å². The van der Waals surface area contributed by atoms with E-state index in [1.54, 1.807) is 0 Å². The molecule has 0 N–H and O–H groups in total. The van der Waals surface area contributed by atoms with Crippen LogP contribution >= 0.6 is 0 Å². The van der Waals surface area contributed by atoms with Crippen LogP contribution in [0.4, 0.5) is 17.1 Å². The van der Waals surface area contributed by atoms with E-state index in [-0.39, 0.29) is 6.85 Å². The fourth-order valence-corrected chi connectivity index (χ4v) is 7.85. The van der Waals surface area contributed by atoms with E-state index >= 15 is 0 Å². The summed E-state index contributed by atoms with van der Waals surface area (Å²) in [5, 5.41) is 2.63. The highest BCUT2D eigenvalue weighted by atomic mass is 15.2. The summed E-state index contributed by atoms with van der Waals surface area (Å²) in [5.41, 5.74) is 16.4. The molecule has 10 rings (SSSR count). The van der Waals surface area contributed by atoms with Crippen molar-refractivity contribution in [2.75, 3.05) is 4.90 Å². The van der Waals surface area contributed by atoms with Gasteiger partial charge in [0.05, 0.1) is 0 Å². The molecular formula is C42H27BN2. The molecule has 0 bridgehead atoms. The van der Waals surface area contributed by atoms with Crippen LogP contribution in [0.2, 0.25) is 0 Å². The van der Waals surface area contributed by atoms with Crippen molar-refractivity contribution in [1.82, 2.24) is 4.48 Å². The third-order valence-electron chi connectivity index (χ3n) is 9.78. The molecule has 2 aliphatic heterocycles. The Kier molecular flexibility index (Phi) is 5.12. The van der Waals surface area contributed by atoms with Gasteiger partial charge in [0, 0.05) is 44.4 Å². The molecule has 2 aliphatic rings. The van der Waals surface area contributed by atoms with Gasteiger partial charge in [-0.25, -0.2) is 0 Å². The molecule has 7 aromatic carbocycles. The predicted octanol–water partition coefficient (Wildman–Crippen LogP) is 9.55. The number of fused-ring (bicyclic) bond motifs is 7. The van der Waals surface area contributed by atoms with Crippen LogP contribution in [0.3, 0.4) is 0 Å². The highest BCUT2D eigenvalue weighted by Gasteiger charge is 2.42. The molecule has 0 spiro atoms. The van der Waals surface area contributed by atoms with Gasteiger partial charge in [0.1, 0.15) is 0 Å². The molecule has 45 heavy (non-hydrogen) atoms. The highest BCUT2D eigenvalue weighted by Crippen LogP contribution is 2.45. The topological polar surface area (TPSA) is 8.17 Å². The number of rotatable bonds is 3. The van der Waals surface area contributed by atoms with Gasteiger partial charge in [0.25, 0.3) is 0 Å². The van der Waals surface area contributed by atoms with Crippen LogP contribution in [-0.2, 0) is 0 Å². The molecule has 0 unspecified atom stereocenters. The molecule has 0 saturated carbocycles. The molecule has 8 aromatic rings. The molecule has 1 aromatic heterocycles. The van der Waals surface area contributed by atoms with Crippen molar-refractivity contribution >= 4 is 56.6 Å². The number of para-hydroxylation sites is 2. The molecule has 0 fully saturated rings. The minimum absolute atomic E-state index is 0.0631. The Morgan fingerprint density at radius 1 is 0.422 bits per heavy atom. The van der Waals surface area contributed by atoms with Gasteiger partial charge >= 0.3 is 6.85 Å². The van der Waals surface area contributed by atoms with Crippen LogP contribution in [0.1, 0.15) is 0 Å². The zero-order valence-corrected chi connectivity index (χ0v) is 24.6. The Bertz CT molecular complexity index is 2420. The van der Waals surface area contributed by atoms with Crippen LogP contribution in [0.15, 0.2) is 164 Å². The van der Waals surface area contributed by atoms with Crippen molar-refractivity contribution in [3.63, 3.8) is 0 Å². The SMILES string of the molecule is c1ccc(-c2ccc(N3c4cc(-c5ccccc5)ccc4B4c5c(cccc53)-c3cccc5c6ccccc6n4c35)cc2)cc1.